The van der Waals surface area contributed by atoms with Crippen LogP contribution in [0.1, 0.15) is 18.4 Å². The molecule has 1 heterocycles. The zero-order chi connectivity index (χ0) is 13.4. The summed E-state index contributed by atoms with van der Waals surface area (Å²) >= 11 is 0. The second-order valence-corrected chi connectivity index (χ2v) is 6.00. The van der Waals surface area contributed by atoms with E-state index in [0.717, 1.165) is 10.4 Å². The molecule has 100 valence electrons. The highest BCUT2D eigenvalue weighted by Crippen LogP contribution is 2.36. The minimum atomic E-state index is -3.92. The minimum Gasteiger partial charge on any atom is -0.237 e. The first-order valence-electron chi connectivity index (χ1n) is 5.54. The summed E-state index contributed by atoms with van der Waals surface area (Å²) < 4.78 is 51.2. The molecule has 7 heteroatoms. The van der Waals surface area contributed by atoms with Gasteiger partial charge >= 0.3 is 0 Å². The number of nitrogens with two attached hydrogens (primary N) is 1. The van der Waals surface area contributed by atoms with E-state index in [2.05, 4.69) is 0 Å². The van der Waals surface area contributed by atoms with Crippen LogP contribution in [0, 0.1) is 5.82 Å². The maximum atomic E-state index is 14.7. The van der Waals surface area contributed by atoms with E-state index < -0.39 is 21.7 Å². The average molecular weight is 276 g/mol. The molecule has 18 heavy (non-hydrogen) atoms. The first kappa shape index (κ1) is 13.4. The topological polar surface area (TPSA) is 63.4 Å². The molecule has 0 aliphatic carbocycles. The molecular formula is C11H14F2N2O2S. The molecule has 1 aromatic rings. The third kappa shape index (κ3) is 2.68. The molecule has 2 N–H and O–H groups in total. The molecule has 0 radical (unpaired) electrons. The Bertz CT molecular complexity index is 550. The lowest BCUT2D eigenvalue weighted by Gasteiger charge is -2.35. The Morgan fingerprint density at radius 2 is 2.11 bits per heavy atom. The van der Waals surface area contributed by atoms with Crippen LogP contribution < -0.4 is 5.14 Å². The zero-order valence-electron chi connectivity index (χ0n) is 9.64. The molecule has 1 unspecified atom stereocenters. The van der Waals surface area contributed by atoms with E-state index in [1.54, 1.807) is 0 Å². The number of hydrogen-bond acceptors (Lipinski definition) is 2. The summed E-state index contributed by atoms with van der Waals surface area (Å²) in [6, 6.07) is 5.16. The molecule has 0 saturated carbocycles. The summed E-state index contributed by atoms with van der Waals surface area (Å²) in [5, 5.41) is 5.00. The van der Waals surface area contributed by atoms with Gasteiger partial charge < -0.3 is 0 Å². The lowest BCUT2D eigenvalue weighted by atomic mass is 9.88. The summed E-state index contributed by atoms with van der Waals surface area (Å²) in [5.41, 5.74) is -1.73. The average Bonchev–Trinajstić information content (AvgIpc) is 2.28. The fraction of sp³-hybridized carbons (Fsp3) is 0.455. The van der Waals surface area contributed by atoms with Crippen molar-refractivity contribution in [2.45, 2.75) is 18.5 Å². The predicted octanol–water partition coefficient (Wildman–Crippen LogP) is 1.29. The third-order valence-electron chi connectivity index (χ3n) is 3.11. The Morgan fingerprint density at radius 1 is 1.39 bits per heavy atom. The van der Waals surface area contributed by atoms with Gasteiger partial charge in [-0.15, -0.1) is 0 Å². The number of rotatable bonds is 2. The normalized spacial score (nSPS) is 26.2. The van der Waals surface area contributed by atoms with Crippen molar-refractivity contribution in [1.29, 1.82) is 0 Å². The van der Waals surface area contributed by atoms with E-state index in [4.69, 9.17) is 5.14 Å². The second-order valence-electron chi connectivity index (χ2n) is 4.46. The molecule has 1 fully saturated rings. The van der Waals surface area contributed by atoms with Gasteiger partial charge in [-0.05, 0) is 30.5 Å². The Labute approximate surface area is 105 Å². The van der Waals surface area contributed by atoms with Gasteiger partial charge in [0.1, 0.15) is 11.5 Å². The standard InChI is InChI=1S/C11H14F2N2O2S/c12-10-4-1-3-9(7-10)11(13)5-2-6-15(8-11)18(14,16)17/h1,3-4,7H,2,5-6,8H2,(H2,14,16,17). The highest BCUT2D eigenvalue weighted by Gasteiger charge is 2.40. The van der Waals surface area contributed by atoms with E-state index in [1.165, 1.54) is 18.2 Å². The SMILES string of the molecule is NS(=O)(=O)N1CCCC(F)(c2cccc(F)c2)C1. The first-order chi connectivity index (χ1) is 8.31. The number of halogens is 2. The monoisotopic (exact) mass is 276 g/mol. The van der Waals surface area contributed by atoms with Crippen LogP contribution in [0.15, 0.2) is 24.3 Å². The smallest absolute Gasteiger partial charge is 0.237 e. The van der Waals surface area contributed by atoms with Crippen LogP contribution in [0.25, 0.3) is 0 Å². The Morgan fingerprint density at radius 3 is 2.72 bits per heavy atom. The van der Waals surface area contributed by atoms with Gasteiger partial charge in [0.2, 0.25) is 0 Å². The van der Waals surface area contributed by atoms with E-state index in [9.17, 15) is 17.2 Å². The summed E-state index contributed by atoms with van der Waals surface area (Å²) in [6.45, 7) is -0.172. The maximum Gasteiger partial charge on any atom is 0.277 e. The number of piperidine rings is 1. The third-order valence-corrected chi connectivity index (χ3v) is 4.14. The first-order valence-corrected chi connectivity index (χ1v) is 7.04. The van der Waals surface area contributed by atoms with Crippen molar-refractivity contribution in [2.24, 2.45) is 5.14 Å². The van der Waals surface area contributed by atoms with Crippen molar-refractivity contribution < 1.29 is 17.2 Å². The van der Waals surface area contributed by atoms with Crippen LogP contribution in [-0.2, 0) is 15.9 Å². The van der Waals surface area contributed by atoms with Crippen LogP contribution >= 0.6 is 0 Å². The van der Waals surface area contributed by atoms with Gasteiger partial charge in [-0.1, -0.05) is 12.1 Å². The fourth-order valence-electron chi connectivity index (χ4n) is 2.19. The summed E-state index contributed by atoms with van der Waals surface area (Å²) in [7, 11) is -3.92. The van der Waals surface area contributed by atoms with Crippen LogP contribution in [-0.4, -0.2) is 25.8 Å². The van der Waals surface area contributed by atoms with Crippen molar-refractivity contribution in [3.63, 3.8) is 0 Å². The molecule has 4 nitrogen and oxygen atoms in total. The molecule has 1 saturated heterocycles. The van der Waals surface area contributed by atoms with E-state index in [0.29, 0.717) is 6.42 Å². The van der Waals surface area contributed by atoms with Crippen LogP contribution in [0.2, 0.25) is 0 Å². The second kappa shape index (κ2) is 4.56. The van der Waals surface area contributed by atoms with E-state index >= 15 is 0 Å². The summed E-state index contributed by atoms with van der Waals surface area (Å²) in [6.07, 6.45) is 0.506. The predicted molar refractivity (Wildman–Crippen MR) is 63.1 cm³/mol. The van der Waals surface area contributed by atoms with Gasteiger partial charge in [0.05, 0.1) is 6.54 Å². The molecule has 0 amide bonds. The van der Waals surface area contributed by atoms with Crippen molar-refractivity contribution in [2.75, 3.05) is 13.1 Å². The molecule has 1 aliphatic heterocycles. The molecular weight excluding hydrogens is 262 g/mol. The van der Waals surface area contributed by atoms with Gasteiger partial charge in [-0.25, -0.2) is 13.9 Å². The lowest BCUT2D eigenvalue weighted by Crippen LogP contribution is -2.48. The van der Waals surface area contributed by atoms with Crippen LogP contribution in [0.3, 0.4) is 0 Å². The molecule has 1 aromatic carbocycles. The minimum absolute atomic E-state index is 0.149. The highest BCUT2D eigenvalue weighted by molar-refractivity contribution is 7.86. The van der Waals surface area contributed by atoms with Crippen molar-refractivity contribution in [1.82, 2.24) is 4.31 Å². The Hall–Kier alpha value is -1.05. The van der Waals surface area contributed by atoms with Crippen LogP contribution in [0.4, 0.5) is 8.78 Å². The fourth-order valence-corrected chi connectivity index (χ4v) is 2.96. The molecule has 0 aromatic heterocycles. The number of hydrogen-bond donors (Lipinski definition) is 1. The van der Waals surface area contributed by atoms with Gasteiger partial charge in [0.25, 0.3) is 10.2 Å². The summed E-state index contributed by atoms with van der Waals surface area (Å²) in [4.78, 5) is 0. The van der Waals surface area contributed by atoms with Crippen LogP contribution in [0.5, 0.6) is 0 Å². The molecule has 0 spiro atoms. The summed E-state index contributed by atoms with van der Waals surface area (Å²) in [5.74, 6) is -0.544. The largest absolute Gasteiger partial charge is 0.277 e. The molecule has 1 aliphatic rings. The van der Waals surface area contributed by atoms with Gasteiger partial charge in [-0.2, -0.15) is 12.7 Å². The quantitative estimate of drug-likeness (QED) is 0.884. The van der Waals surface area contributed by atoms with E-state index in [-0.39, 0.29) is 25.1 Å². The van der Waals surface area contributed by atoms with Crippen molar-refractivity contribution in [3.8, 4) is 0 Å². The molecule has 1 atom stereocenters. The van der Waals surface area contributed by atoms with Crippen molar-refractivity contribution in [3.05, 3.63) is 35.6 Å². The zero-order valence-corrected chi connectivity index (χ0v) is 10.5. The number of alkyl halides is 1. The van der Waals surface area contributed by atoms with Gasteiger partial charge in [0, 0.05) is 6.54 Å². The van der Waals surface area contributed by atoms with Gasteiger partial charge in [0.15, 0.2) is 0 Å². The molecule has 0 bridgehead atoms. The Kier molecular flexibility index (Phi) is 3.39. The lowest BCUT2D eigenvalue weighted by molar-refractivity contribution is 0.0812. The Balaban J connectivity index is 2.31. The number of benzene rings is 1. The maximum absolute atomic E-state index is 14.7. The van der Waals surface area contributed by atoms with Gasteiger partial charge in [-0.3, -0.25) is 0 Å². The number of nitrogens with zero attached hydrogens (tertiary/aromatic N) is 1. The highest BCUT2D eigenvalue weighted by atomic mass is 32.2. The molecule has 2 rings (SSSR count). The van der Waals surface area contributed by atoms with Crippen molar-refractivity contribution >= 4 is 10.2 Å². The van der Waals surface area contributed by atoms with E-state index in [1.807, 2.05) is 0 Å².